The lowest BCUT2D eigenvalue weighted by atomic mass is 10.1. The molecule has 1 aliphatic heterocycles. The van der Waals surface area contributed by atoms with Gasteiger partial charge in [0.15, 0.2) is 0 Å². The Bertz CT molecular complexity index is 499. The van der Waals surface area contributed by atoms with Crippen molar-refractivity contribution in [1.29, 1.82) is 0 Å². The lowest BCUT2D eigenvalue weighted by Crippen LogP contribution is -2.30. The minimum absolute atomic E-state index is 0.118. The van der Waals surface area contributed by atoms with Crippen molar-refractivity contribution in [3.63, 3.8) is 0 Å². The van der Waals surface area contributed by atoms with Crippen LogP contribution in [-0.4, -0.2) is 29.8 Å². The quantitative estimate of drug-likeness (QED) is 0.879. The SMILES string of the molecule is NC(=O)C1CC(=O)N(CCc2cc(F)cc(F)c2)C1. The second-order valence-electron chi connectivity index (χ2n) is 4.67. The summed E-state index contributed by atoms with van der Waals surface area (Å²) in [5.74, 6) is -2.39. The van der Waals surface area contributed by atoms with Crippen molar-refractivity contribution < 1.29 is 18.4 Å². The average Bonchev–Trinajstić information content (AvgIpc) is 2.67. The van der Waals surface area contributed by atoms with Gasteiger partial charge in [-0.1, -0.05) is 0 Å². The number of amides is 2. The van der Waals surface area contributed by atoms with Gasteiger partial charge in [-0.05, 0) is 24.1 Å². The van der Waals surface area contributed by atoms with Gasteiger partial charge in [0.1, 0.15) is 11.6 Å². The zero-order valence-corrected chi connectivity index (χ0v) is 10.2. The van der Waals surface area contributed by atoms with Crippen molar-refractivity contribution in [3.05, 3.63) is 35.4 Å². The molecule has 6 heteroatoms. The fraction of sp³-hybridized carbons (Fsp3) is 0.385. The van der Waals surface area contributed by atoms with Crippen LogP contribution in [0, 0.1) is 17.6 Å². The predicted octanol–water partition coefficient (Wildman–Crippen LogP) is 0.841. The van der Waals surface area contributed by atoms with E-state index in [1.165, 1.54) is 17.0 Å². The van der Waals surface area contributed by atoms with Crippen LogP contribution in [0.3, 0.4) is 0 Å². The number of carbonyl (C=O) groups is 2. The van der Waals surface area contributed by atoms with E-state index < -0.39 is 23.5 Å². The summed E-state index contributed by atoms with van der Waals surface area (Å²) in [5.41, 5.74) is 5.63. The van der Waals surface area contributed by atoms with Gasteiger partial charge in [0.05, 0.1) is 5.92 Å². The van der Waals surface area contributed by atoms with Gasteiger partial charge in [-0.3, -0.25) is 9.59 Å². The van der Waals surface area contributed by atoms with Gasteiger partial charge >= 0.3 is 0 Å². The smallest absolute Gasteiger partial charge is 0.223 e. The fourth-order valence-corrected chi connectivity index (χ4v) is 2.20. The Morgan fingerprint density at radius 2 is 1.95 bits per heavy atom. The minimum atomic E-state index is -0.641. The summed E-state index contributed by atoms with van der Waals surface area (Å²) in [6.07, 6.45) is 0.457. The molecule has 1 fully saturated rings. The second kappa shape index (κ2) is 5.34. The molecule has 1 saturated heterocycles. The first-order chi connectivity index (χ1) is 8.95. The standard InChI is InChI=1S/C13H14F2N2O2/c14-10-3-8(4-11(15)6-10)1-2-17-7-9(13(16)19)5-12(17)18/h3-4,6,9H,1-2,5,7H2,(H2,16,19). The van der Waals surface area contributed by atoms with Crippen LogP contribution in [0.1, 0.15) is 12.0 Å². The molecule has 1 aromatic carbocycles. The van der Waals surface area contributed by atoms with Crippen molar-refractivity contribution in [2.75, 3.05) is 13.1 Å². The summed E-state index contributed by atoms with van der Waals surface area (Å²) in [4.78, 5) is 24.1. The van der Waals surface area contributed by atoms with Crippen molar-refractivity contribution in [2.24, 2.45) is 11.7 Å². The van der Waals surface area contributed by atoms with Gasteiger partial charge in [0, 0.05) is 25.6 Å². The average molecular weight is 268 g/mol. The van der Waals surface area contributed by atoms with Gasteiger partial charge in [-0.25, -0.2) is 8.78 Å². The molecular formula is C13H14F2N2O2. The number of rotatable bonds is 4. The number of nitrogens with zero attached hydrogens (tertiary/aromatic N) is 1. The van der Waals surface area contributed by atoms with Gasteiger partial charge in [0.25, 0.3) is 0 Å². The Hall–Kier alpha value is -1.98. The summed E-state index contributed by atoms with van der Waals surface area (Å²) in [7, 11) is 0. The lowest BCUT2D eigenvalue weighted by Gasteiger charge is -2.16. The van der Waals surface area contributed by atoms with E-state index in [4.69, 9.17) is 5.73 Å². The number of hydrogen-bond donors (Lipinski definition) is 1. The van der Waals surface area contributed by atoms with Crippen LogP contribution >= 0.6 is 0 Å². The van der Waals surface area contributed by atoms with Crippen LogP contribution in [0.5, 0.6) is 0 Å². The normalized spacial score (nSPS) is 18.9. The molecule has 0 radical (unpaired) electrons. The van der Waals surface area contributed by atoms with E-state index in [0.29, 0.717) is 18.5 Å². The van der Waals surface area contributed by atoms with Crippen LogP contribution in [0.25, 0.3) is 0 Å². The third-order valence-corrected chi connectivity index (χ3v) is 3.21. The highest BCUT2D eigenvalue weighted by molar-refractivity contribution is 5.88. The number of benzene rings is 1. The molecule has 2 rings (SSSR count). The maximum absolute atomic E-state index is 13.0. The zero-order valence-electron chi connectivity index (χ0n) is 10.2. The largest absolute Gasteiger partial charge is 0.369 e. The maximum Gasteiger partial charge on any atom is 0.223 e. The van der Waals surface area contributed by atoms with E-state index in [1.807, 2.05) is 0 Å². The molecule has 0 bridgehead atoms. The van der Waals surface area contributed by atoms with Crippen LogP contribution in [0.15, 0.2) is 18.2 Å². The van der Waals surface area contributed by atoms with Crippen molar-refractivity contribution in [3.8, 4) is 0 Å². The van der Waals surface area contributed by atoms with E-state index in [-0.39, 0.29) is 18.9 Å². The predicted molar refractivity (Wildman–Crippen MR) is 63.9 cm³/mol. The topological polar surface area (TPSA) is 63.4 Å². The zero-order chi connectivity index (χ0) is 14.0. The molecule has 0 aromatic heterocycles. The Morgan fingerprint density at radius 3 is 2.47 bits per heavy atom. The first-order valence-corrected chi connectivity index (χ1v) is 5.98. The number of primary amides is 1. The van der Waals surface area contributed by atoms with Crippen LogP contribution in [0.2, 0.25) is 0 Å². The molecule has 0 aliphatic carbocycles. The van der Waals surface area contributed by atoms with Gasteiger partial charge in [-0.2, -0.15) is 0 Å². The molecule has 0 saturated carbocycles. The summed E-state index contributed by atoms with van der Waals surface area (Å²) >= 11 is 0. The molecular weight excluding hydrogens is 254 g/mol. The van der Waals surface area contributed by atoms with Crippen LogP contribution < -0.4 is 5.73 Å². The Balaban J connectivity index is 1.95. The van der Waals surface area contributed by atoms with Crippen molar-refractivity contribution >= 4 is 11.8 Å². The fourth-order valence-electron chi connectivity index (χ4n) is 2.20. The van der Waals surface area contributed by atoms with Crippen LogP contribution in [0.4, 0.5) is 8.78 Å². The molecule has 2 amide bonds. The maximum atomic E-state index is 13.0. The van der Waals surface area contributed by atoms with Gasteiger partial charge < -0.3 is 10.6 Å². The first kappa shape index (κ1) is 13.5. The second-order valence-corrected chi connectivity index (χ2v) is 4.67. The number of hydrogen-bond acceptors (Lipinski definition) is 2. The van der Waals surface area contributed by atoms with E-state index >= 15 is 0 Å². The van der Waals surface area contributed by atoms with Gasteiger partial charge in [-0.15, -0.1) is 0 Å². The molecule has 102 valence electrons. The Labute approximate surface area is 109 Å². The minimum Gasteiger partial charge on any atom is -0.369 e. The highest BCUT2D eigenvalue weighted by Crippen LogP contribution is 2.18. The van der Waals surface area contributed by atoms with E-state index in [0.717, 1.165) is 6.07 Å². The monoisotopic (exact) mass is 268 g/mol. The molecule has 1 heterocycles. The lowest BCUT2D eigenvalue weighted by molar-refractivity contribution is -0.128. The number of likely N-dealkylation sites (tertiary alicyclic amines) is 1. The summed E-state index contributed by atoms with van der Waals surface area (Å²) in [6.45, 7) is 0.609. The van der Waals surface area contributed by atoms with E-state index in [2.05, 4.69) is 0 Å². The van der Waals surface area contributed by atoms with Crippen LogP contribution in [-0.2, 0) is 16.0 Å². The number of halogens is 2. The molecule has 0 spiro atoms. The molecule has 1 atom stereocenters. The van der Waals surface area contributed by atoms with Crippen molar-refractivity contribution in [1.82, 2.24) is 4.90 Å². The highest BCUT2D eigenvalue weighted by Gasteiger charge is 2.32. The van der Waals surface area contributed by atoms with Crippen molar-refractivity contribution in [2.45, 2.75) is 12.8 Å². The summed E-state index contributed by atoms with van der Waals surface area (Å²) < 4.78 is 26.0. The molecule has 4 nitrogen and oxygen atoms in total. The summed E-state index contributed by atoms with van der Waals surface area (Å²) in [5, 5.41) is 0. The molecule has 2 N–H and O–H groups in total. The number of carbonyl (C=O) groups excluding carboxylic acids is 2. The Kier molecular flexibility index (Phi) is 3.78. The van der Waals surface area contributed by atoms with E-state index in [9.17, 15) is 18.4 Å². The number of nitrogens with two attached hydrogens (primary N) is 1. The highest BCUT2D eigenvalue weighted by atomic mass is 19.1. The molecule has 1 unspecified atom stereocenters. The molecule has 19 heavy (non-hydrogen) atoms. The van der Waals surface area contributed by atoms with Gasteiger partial charge in [0.2, 0.25) is 11.8 Å². The summed E-state index contributed by atoms with van der Waals surface area (Å²) in [6, 6.07) is 3.26. The third-order valence-electron chi connectivity index (χ3n) is 3.21. The molecule has 1 aromatic rings. The molecule has 1 aliphatic rings. The first-order valence-electron chi connectivity index (χ1n) is 5.98. The van der Waals surface area contributed by atoms with E-state index in [1.54, 1.807) is 0 Å². The third kappa shape index (κ3) is 3.27. The Morgan fingerprint density at radius 1 is 1.32 bits per heavy atom.